The van der Waals surface area contributed by atoms with Crippen LogP contribution in [0.4, 0.5) is 0 Å². The largest absolute Gasteiger partial charge is 0.480 e. The summed E-state index contributed by atoms with van der Waals surface area (Å²) >= 11 is 6.02. The van der Waals surface area contributed by atoms with Crippen LogP contribution in [0.1, 0.15) is 12.5 Å². The van der Waals surface area contributed by atoms with E-state index in [9.17, 15) is 9.59 Å². The summed E-state index contributed by atoms with van der Waals surface area (Å²) in [7, 11) is 0. The zero-order chi connectivity index (χ0) is 14.3. The molecular weight excluding hydrogens is 270 g/mol. The highest BCUT2D eigenvalue weighted by atomic mass is 35.5. The second-order valence-electron chi connectivity index (χ2n) is 4.15. The van der Waals surface area contributed by atoms with Crippen molar-refractivity contribution in [2.24, 2.45) is 0 Å². The van der Waals surface area contributed by atoms with E-state index < -0.39 is 12.6 Å². The van der Waals surface area contributed by atoms with Gasteiger partial charge in [-0.2, -0.15) is 0 Å². The molecule has 0 aliphatic heterocycles. The Morgan fingerprint density at radius 1 is 1.37 bits per heavy atom. The van der Waals surface area contributed by atoms with Gasteiger partial charge in [0, 0.05) is 11.1 Å². The van der Waals surface area contributed by atoms with E-state index in [-0.39, 0.29) is 18.6 Å². The lowest BCUT2D eigenvalue weighted by molar-refractivity contribution is -0.143. The zero-order valence-electron chi connectivity index (χ0n) is 10.6. The van der Waals surface area contributed by atoms with Gasteiger partial charge in [0.15, 0.2) is 0 Å². The van der Waals surface area contributed by atoms with E-state index in [1.165, 1.54) is 0 Å². The van der Waals surface area contributed by atoms with Crippen molar-refractivity contribution in [3.8, 4) is 0 Å². The summed E-state index contributed by atoms with van der Waals surface area (Å²) in [6.45, 7) is 1.10. The van der Waals surface area contributed by atoms with Gasteiger partial charge in [0.25, 0.3) is 0 Å². The molecule has 1 aromatic carbocycles. The predicted molar refractivity (Wildman–Crippen MR) is 71.2 cm³/mol. The maximum Gasteiger partial charge on any atom is 0.329 e. The molecule has 1 aromatic rings. The molecule has 1 amide bonds. The monoisotopic (exact) mass is 285 g/mol. The Kier molecular flexibility index (Phi) is 6.32. The lowest BCUT2D eigenvalue weighted by atomic mass is 10.1. The number of hydrogen-bond acceptors (Lipinski definition) is 3. The molecule has 2 N–H and O–H groups in total. The molecule has 0 heterocycles. The number of carbonyl (C=O) groups is 2. The van der Waals surface area contributed by atoms with Crippen LogP contribution >= 0.6 is 11.6 Å². The van der Waals surface area contributed by atoms with Crippen molar-refractivity contribution in [3.05, 3.63) is 34.9 Å². The van der Waals surface area contributed by atoms with Crippen LogP contribution in [-0.2, 0) is 20.7 Å². The van der Waals surface area contributed by atoms with E-state index in [1.807, 2.05) is 25.1 Å². The van der Waals surface area contributed by atoms with Crippen molar-refractivity contribution in [1.82, 2.24) is 5.32 Å². The van der Waals surface area contributed by atoms with E-state index >= 15 is 0 Å². The molecule has 6 heteroatoms. The molecule has 1 rings (SSSR count). The van der Waals surface area contributed by atoms with Gasteiger partial charge < -0.3 is 15.2 Å². The molecule has 0 saturated heterocycles. The third-order valence-corrected chi connectivity index (χ3v) is 2.72. The molecule has 0 aliphatic rings. The van der Waals surface area contributed by atoms with Crippen LogP contribution in [0.2, 0.25) is 5.02 Å². The highest BCUT2D eigenvalue weighted by molar-refractivity contribution is 6.31. The molecule has 0 radical (unpaired) electrons. The number of halogens is 1. The zero-order valence-corrected chi connectivity index (χ0v) is 11.3. The normalized spacial score (nSPS) is 11.9. The van der Waals surface area contributed by atoms with E-state index in [0.29, 0.717) is 11.4 Å². The van der Waals surface area contributed by atoms with Crippen molar-refractivity contribution in [3.63, 3.8) is 0 Å². The number of aliphatic carboxylic acids is 1. The minimum absolute atomic E-state index is 0.110. The number of rotatable bonds is 7. The third kappa shape index (κ3) is 6.22. The number of amides is 1. The molecule has 19 heavy (non-hydrogen) atoms. The standard InChI is InChI=1S/C13H16ClNO4/c1-9(6-10-4-2-3-5-11(10)14)15-12(16)7-19-8-13(17)18/h2-5,9H,6-8H2,1H3,(H,15,16)(H,17,18). The lowest BCUT2D eigenvalue weighted by Gasteiger charge is -2.14. The van der Waals surface area contributed by atoms with Crippen LogP contribution in [0.15, 0.2) is 24.3 Å². The van der Waals surface area contributed by atoms with Gasteiger partial charge in [0.05, 0.1) is 0 Å². The van der Waals surface area contributed by atoms with Gasteiger partial charge in [-0.3, -0.25) is 4.79 Å². The minimum atomic E-state index is -1.10. The highest BCUT2D eigenvalue weighted by Crippen LogP contribution is 2.16. The average Bonchev–Trinajstić information content (AvgIpc) is 2.31. The molecule has 1 atom stereocenters. The Hall–Kier alpha value is -1.59. The first-order valence-electron chi connectivity index (χ1n) is 5.81. The Morgan fingerprint density at radius 3 is 2.68 bits per heavy atom. The fourth-order valence-corrected chi connectivity index (χ4v) is 1.81. The topological polar surface area (TPSA) is 75.6 Å². The van der Waals surface area contributed by atoms with Crippen molar-refractivity contribution in [1.29, 1.82) is 0 Å². The summed E-state index contributed by atoms with van der Waals surface area (Å²) in [6.07, 6.45) is 0.602. The van der Waals surface area contributed by atoms with Gasteiger partial charge in [-0.05, 0) is 25.0 Å². The van der Waals surface area contributed by atoms with Crippen LogP contribution in [0.3, 0.4) is 0 Å². The summed E-state index contributed by atoms with van der Waals surface area (Å²) in [5.41, 5.74) is 0.948. The van der Waals surface area contributed by atoms with Gasteiger partial charge in [0.1, 0.15) is 13.2 Å². The lowest BCUT2D eigenvalue weighted by Crippen LogP contribution is -2.37. The molecule has 1 unspecified atom stereocenters. The van der Waals surface area contributed by atoms with Crippen molar-refractivity contribution in [2.45, 2.75) is 19.4 Å². The highest BCUT2D eigenvalue weighted by Gasteiger charge is 2.10. The fourth-order valence-electron chi connectivity index (χ4n) is 1.59. The van der Waals surface area contributed by atoms with Crippen molar-refractivity contribution < 1.29 is 19.4 Å². The van der Waals surface area contributed by atoms with Gasteiger partial charge in [-0.25, -0.2) is 4.79 Å². The van der Waals surface area contributed by atoms with Crippen LogP contribution in [0, 0.1) is 0 Å². The summed E-state index contributed by atoms with van der Waals surface area (Å²) in [4.78, 5) is 21.7. The van der Waals surface area contributed by atoms with Crippen LogP contribution < -0.4 is 5.32 Å². The Morgan fingerprint density at radius 2 is 2.05 bits per heavy atom. The second kappa shape index (κ2) is 7.76. The SMILES string of the molecule is CC(Cc1ccccc1Cl)NC(=O)COCC(=O)O. The van der Waals surface area contributed by atoms with Crippen molar-refractivity contribution in [2.75, 3.05) is 13.2 Å². The number of carboxylic acids is 1. The van der Waals surface area contributed by atoms with Crippen LogP contribution in [0.5, 0.6) is 0 Å². The second-order valence-corrected chi connectivity index (χ2v) is 4.56. The molecule has 104 valence electrons. The predicted octanol–water partition coefficient (Wildman–Crippen LogP) is 1.49. The number of carbonyl (C=O) groups excluding carboxylic acids is 1. The summed E-state index contributed by atoms with van der Waals surface area (Å²) in [5, 5.41) is 11.7. The molecule has 0 fully saturated rings. The molecule has 0 spiro atoms. The van der Waals surface area contributed by atoms with E-state index in [0.717, 1.165) is 5.56 Å². The average molecular weight is 286 g/mol. The van der Waals surface area contributed by atoms with Gasteiger partial charge >= 0.3 is 5.97 Å². The molecule has 0 aliphatic carbocycles. The number of ether oxygens (including phenoxy) is 1. The van der Waals surface area contributed by atoms with Crippen molar-refractivity contribution >= 4 is 23.5 Å². The Bertz CT molecular complexity index is 450. The van der Waals surface area contributed by atoms with Gasteiger partial charge in [-0.15, -0.1) is 0 Å². The molecule has 0 saturated carbocycles. The van der Waals surface area contributed by atoms with E-state index in [2.05, 4.69) is 5.32 Å². The summed E-state index contributed by atoms with van der Waals surface area (Å²) in [5.74, 6) is -1.45. The maximum absolute atomic E-state index is 11.4. The minimum Gasteiger partial charge on any atom is -0.480 e. The van der Waals surface area contributed by atoms with Crippen LogP contribution in [-0.4, -0.2) is 36.2 Å². The number of benzene rings is 1. The van der Waals surface area contributed by atoms with E-state index in [4.69, 9.17) is 21.4 Å². The van der Waals surface area contributed by atoms with Gasteiger partial charge in [-0.1, -0.05) is 29.8 Å². The van der Waals surface area contributed by atoms with E-state index in [1.54, 1.807) is 6.07 Å². The molecule has 0 bridgehead atoms. The fraction of sp³-hybridized carbons (Fsp3) is 0.385. The molecule has 0 aromatic heterocycles. The summed E-state index contributed by atoms with van der Waals surface area (Å²) in [6, 6.07) is 7.30. The first-order chi connectivity index (χ1) is 8.99. The van der Waals surface area contributed by atoms with Gasteiger partial charge in [0.2, 0.25) is 5.91 Å². The molecular formula is C13H16ClNO4. The Balaban J connectivity index is 2.34. The maximum atomic E-state index is 11.4. The first-order valence-corrected chi connectivity index (χ1v) is 6.19. The number of nitrogens with one attached hydrogen (secondary N) is 1. The van der Waals surface area contributed by atoms with Crippen LogP contribution in [0.25, 0.3) is 0 Å². The molecule has 5 nitrogen and oxygen atoms in total. The Labute approximate surface area is 116 Å². The third-order valence-electron chi connectivity index (χ3n) is 2.35. The quantitative estimate of drug-likeness (QED) is 0.796. The number of carboxylic acid groups (broad SMARTS) is 1. The first kappa shape index (κ1) is 15.5. The summed E-state index contributed by atoms with van der Waals surface area (Å²) < 4.78 is 4.69. The smallest absolute Gasteiger partial charge is 0.329 e. The number of hydrogen-bond donors (Lipinski definition) is 2.